The van der Waals surface area contributed by atoms with Gasteiger partial charge in [0, 0.05) is 68.5 Å². The van der Waals surface area contributed by atoms with Gasteiger partial charge in [-0.1, -0.05) is 90.2 Å². The maximum Gasteiger partial charge on any atom is 0.148 e. The molecule has 0 aliphatic rings. The Hall–Kier alpha value is -5.92. The predicted octanol–water partition coefficient (Wildman–Crippen LogP) is 14.4. The lowest BCUT2D eigenvalue weighted by Crippen LogP contribution is -2.09. The number of rotatable bonds is 5. The van der Waals surface area contributed by atoms with Gasteiger partial charge in [0.15, 0.2) is 0 Å². The molecule has 0 fully saturated rings. The Morgan fingerprint density at radius 2 is 0.808 bits per heavy atom. The van der Waals surface area contributed by atoms with E-state index in [4.69, 9.17) is 0 Å². The average molecular weight is 718 g/mol. The lowest BCUT2D eigenvalue weighted by atomic mass is 10.0. The van der Waals surface area contributed by atoms with E-state index in [1.165, 1.54) is 61.9 Å². The molecule has 0 bridgehead atoms. The quantitative estimate of drug-likeness (QED) is 0.177. The fourth-order valence-corrected chi connectivity index (χ4v) is 10.6. The molecule has 6 heteroatoms. The summed E-state index contributed by atoms with van der Waals surface area (Å²) in [4.78, 5) is 2.38. The summed E-state index contributed by atoms with van der Waals surface area (Å²) in [5, 5.41) is 21.1. The molecule has 52 heavy (non-hydrogen) atoms. The van der Waals surface area contributed by atoms with Gasteiger partial charge in [-0.25, -0.2) is 0 Å². The molecule has 0 aliphatic carbocycles. The second-order valence-corrected chi connectivity index (χ2v) is 16.3. The van der Waals surface area contributed by atoms with Crippen molar-refractivity contribution in [2.75, 3.05) is 4.90 Å². The van der Waals surface area contributed by atoms with Gasteiger partial charge in [-0.05, 0) is 106 Å². The molecule has 8 aromatic carbocycles. The monoisotopic (exact) mass is 717 g/mol. The zero-order valence-electron chi connectivity index (χ0n) is 27.7. The highest BCUT2D eigenvalue weighted by Gasteiger charge is 2.17. The van der Waals surface area contributed by atoms with Crippen molar-refractivity contribution in [2.24, 2.45) is 0 Å². The van der Waals surface area contributed by atoms with Crippen molar-refractivity contribution >= 4 is 113 Å². The molecule has 0 amide bonds. The van der Waals surface area contributed by atoms with Crippen LogP contribution in [0.1, 0.15) is 0 Å². The van der Waals surface area contributed by atoms with E-state index in [-0.39, 0.29) is 0 Å². The number of hydrogen-bond acceptors (Lipinski definition) is 6. The molecule has 0 atom stereocenters. The maximum atomic E-state index is 4.56. The van der Waals surface area contributed by atoms with Crippen LogP contribution in [0.3, 0.4) is 0 Å². The van der Waals surface area contributed by atoms with Crippen LogP contribution >= 0.6 is 34.0 Å². The second kappa shape index (κ2) is 11.8. The van der Waals surface area contributed by atoms with Crippen LogP contribution in [0.5, 0.6) is 0 Å². The molecule has 3 nitrogen and oxygen atoms in total. The molecule has 0 saturated heterocycles. The lowest BCUT2D eigenvalue weighted by molar-refractivity contribution is 1.10. The minimum absolute atomic E-state index is 0.910. The molecule has 244 valence electrons. The van der Waals surface area contributed by atoms with E-state index in [1.54, 1.807) is 11.3 Å². The van der Waals surface area contributed by atoms with Gasteiger partial charge in [0.1, 0.15) is 10.0 Å². The highest BCUT2D eigenvalue weighted by Crippen LogP contribution is 2.43. The number of thiophene rings is 2. The van der Waals surface area contributed by atoms with E-state index in [0.29, 0.717) is 0 Å². The summed E-state index contributed by atoms with van der Waals surface area (Å²) in [5.41, 5.74) is 5.45. The Labute approximate surface area is 311 Å². The zero-order valence-corrected chi connectivity index (χ0v) is 30.1. The van der Waals surface area contributed by atoms with Crippen molar-refractivity contribution in [3.05, 3.63) is 164 Å². The first-order valence-corrected chi connectivity index (χ1v) is 19.7. The summed E-state index contributed by atoms with van der Waals surface area (Å²) < 4.78 is 5.29. The molecule has 0 aliphatic heterocycles. The van der Waals surface area contributed by atoms with Gasteiger partial charge in [0.05, 0.1) is 0 Å². The van der Waals surface area contributed by atoms with Crippen molar-refractivity contribution in [1.29, 1.82) is 0 Å². The molecule has 3 heterocycles. The average Bonchev–Trinajstić information content (AvgIpc) is 3.93. The molecule has 0 unspecified atom stereocenters. The highest BCUT2D eigenvalue weighted by atomic mass is 32.1. The molecule has 0 N–H and O–H groups in total. The van der Waals surface area contributed by atoms with Crippen molar-refractivity contribution in [3.8, 4) is 21.1 Å². The van der Waals surface area contributed by atoms with Gasteiger partial charge < -0.3 is 4.90 Å². The van der Waals surface area contributed by atoms with Crippen molar-refractivity contribution < 1.29 is 0 Å². The number of fused-ring (bicyclic) bond motifs is 8. The number of benzene rings is 8. The van der Waals surface area contributed by atoms with Crippen LogP contribution in [0.15, 0.2) is 164 Å². The van der Waals surface area contributed by atoms with Crippen LogP contribution in [0, 0.1) is 0 Å². The fourth-order valence-electron chi connectivity index (χ4n) is 7.43. The van der Waals surface area contributed by atoms with Crippen LogP contribution in [-0.2, 0) is 0 Å². The first-order chi connectivity index (χ1) is 25.7. The second-order valence-electron chi connectivity index (χ2n) is 13.1. The summed E-state index contributed by atoms with van der Waals surface area (Å²) >= 11 is 5.35. The van der Waals surface area contributed by atoms with E-state index >= 15 is 0 Å². The van der Waals surface area contributed by atoms with E-state index in [9.17, 15) is 0 Å². The molecule has 11 rings (SSSR count). The first-order valence-electron chi connectivity index (χ1n) is 17.2. The Morgan fingerprint density at radius 1 is 0.327 bits per heavy atom. The van der Waals surface area contributed by atoms with Gasteiger partial charge in [0.25, 0.3) is 0 Å². The Kier molecular flexibility index (Phi) is 6.77. The van der Waals surface area contributed by atoms with Gasteiger partial charge in [-0.3, -0.25) is 0 Å². The van der Waals surface area contributed by atoms with E-state index < -0.39 is 0 Å². The lowest BCUT2D eigenvalue weighted by Gasteiger charge is -2.26. The minimum Gasteiger partial charge on any atom is -0.310 e. The zero-order chi connectivity index (χ0) is 34.2. The molecule has 0 radical (unpaired) electrons. The molecule has 0 spiro atoms. The Morgan fingerprint density at radius 3 is 1.37 bits per heavy atom. The van der Waals surface area contributed by atoms with Gasteiger partial charge in [-0.2, -0.15) is 0 Å². The van der Waals surface area contributed by atoms with Crippen LogP contribution in [0.4, 0.5) is 17.1 Å². The van der Waals surface area contributed by atoms with E-state index in [1.807, 2.05) is 40.9 Å². The number of hydrogen-bond donors (Lipinski definition) is 0. The SMILES string of the molecule is c1ccc(-c2nnc(-c3ccc(N(c4ccc5cc6sc7ccccc7c6cc5c4)c4ccc5cc6sc7ccccc7c6cc5c4)cc3)s2)cc1. The maximum absolute atomic E-state index is 4.56. The van der Waals surface area contributed by atoms with Gasteiger partial charge in [0.2, 0.25) is 0 Å². The highest BCUT2D eigenvalue weighted by molar-refractivity contribution is 7.26. The van der Waals surface area contributed by atoms with Gasteiger partial charge >= 0.3 is 0 Å². The van der Waals surface area contributed by atoms with Crippen LogP contribution in [0.2, 0.25) is 0 Å². The largest absolute Gasteiger partial charge is 0.310 e. The van der Waals surface area contributed by atoms with Crippen molar-refractivity contribution in [3.63, 3.8) is 0 Å². The summed E-state index contributed by atoms with van der Waals surface area (Å²) in [6.45, 7) is 0. The topological polar surface area (TPSA) is 29.0 Å². The van der Waals surface area contributed by atoms with E-state index in [0.717, 1.165) is 38.2 Å². The minimum atomic E-state index is 0.910. The molecular formula is C46H27N3S3. The fraction of sp³-hybridized carbons (Fsp3) is 0. The first kappa shape index (κ1) is 29.8. The summed E-state index contributed by atoms with van der Waals surface area (Å²) in [6, 6.07) is 59.6. The predicted molar refractivity (Wildman–Crippen MR) is 226 cm³/mol. The van der Waals surface area contributed by atoms with Crippen LogP contribution in [0.25, 0.3) is 83.0 Å². The summed E-state index contributed by atoms with van der Waals surface area (Å²) in [7, 11) is 0. The summed E-state index contributed by atoms with van der Waals surface area (Å²) in [5.74, 6) is 0. The smallest absolute Gasteiger partial charge is 0.148 e. The molecule has 0 saturated carbocycles. The third kappa shape index (κ3) is 4.91. The number of aromatic nitrogens is 2. The van der Waals surface area contributed by atoms with Crippen molar-refractivity contribution in [2.45, 2.75) is 0 Å². The number of nitrogens with zero attached hydrogens (tertiary/aromatic N) is 3. The van der Waals surface area contributed by atoms with Gasteiger partial charge in [-0.15, -0.1) is 32.9 Å². The van der Waals surface area contributed by atoms with Crippen LogP contribution in [-0.4, -0.2) is 10.2 Å². The number of anilines is 3. The molecular weight excluding hydrogens is 691 g/mol. The Balaban J connectivity index is 1.06. The molecule has 11 aromatic rings. The van der Waals surface area contributed by atoms with Crippen molar-refractivity contribution in [1.82, 2.24) is 10.2 Å². The Bertz CT molecular complexity index is 2980. The molecule has 3 aromatic heterocycles. The normalized spacial score (nSPS) is 11.8. The van der Waals surface area contributed by atoms with E-state index in [2.05, 4.69) is 161 Å². The third-order valence-corrected chi connectivity index (χ3v) is 13.3. The third-order valence-electron chi connectivity index (χ3n) is 9.97. The standard InChI is InChI=1S/C46H27N3S3/c1-2-8-28(9-3-1)45-47-48-46(52-45)29-14-18-34(19-15-29)49(35-20-16-30-26-43-39(24-32(30)22-35)37-10-4-6-12-41(37)50-43)36-21-17-31-27-44-40(25-33(31)23-36)38-11-5-7-13-42(38)51-44/h1-27H. The van der Waals surface area contributed by atoms with Crippen LogP contribution < -0.4 is 4.90 Å². The summed E-state index contributed by atoms with van der Waals surface area (Å²) in [6.07, 6.45) is 0.